The fourth-order valence-electron chi connectivity index (χ4n) is 3.73. The highest BCUT2D eigenvalue weighted by molar-refractivity contribution is 6.03. The third-order valence-electron chi connectivity index (χ3n) is 4.87. The van der Waals surface area contributed by atoms with Gasteiger partial charge in [-0.05, 0) is 30.9 Å². The van der Waals surface area contributed by atoms with Crippen LogP contribution in [0.3, 0.4) is 0 Å². The number of fused-ring (bicyclic) bond motifs is 1. The van der Waals surface area contributed by atoms with Crippen LogP contribution in [-0.4, -0.2) is 18.4 Å². The Hall–Kier alpha value is -1.31. The van der Waals surface area contributed by atoms with Gasteiger partial charge in [0.15, 0.2) is 5.78 Å². The number of nitrogens with zero attached hydrogens (tertiary/aromatic N) is 1. The molecule has 102 valence electrons. The van der Waals surface area contributed by atoms with E-state index in [2.05, 4.69) is 24.0 Å². The Labute approximate surface area is 115 Å². The molecule has 2 nitrogen and oxygen atoms in total. The zero-order chi connectivity index (χ0) is 13.2. The summed E-state index contributed by atoms with van der Waals surface area (Å²) in [6.07, 6.45) is 7.31. The number of carbonyl (C=O) groups excluding carboxylic acids is 1. The largest absolute Gasteiger partial charge is 0.367 e. The molecule has 2 unspecified atom stereocenters. The lowest BCUT2D eigenvalue weighted by Crippen LogP contribution is -2.43. The van der Waals surface area contributed by atoms with Gasteiger partial charge in [0.05, 0.1) is 0 Å². The lowest BCUT2D eigenvalue weighted by molar-refractivity contribution is 0.0977. The van der Waals surface area contributed by atoms with E-state index >= 15 is 0 Å². The summed E-state index contributed by atoms with van der Waals surface area (Å²) >= 11 is 0. The number of anilines is 1. The van der Waals surface area contributed by atoms with Crippen molar-refractivity contribution in [2.24, 2.45) is 5.92 Å². The number of para-hydroxylation sites is 1. The van der Waals surface area contributed by atoms with Crippen LogP contribution in [0.1, 0.15) is 55.8 Å². The van der Waals surface area contributed by atoms with E-state index in [4.69, 9.17) is 0 Å². The van der Waals surface area contributed by atoms with Crippen LogP contribution in [-0.2, 0) is 0 Å². The second-order valence-corrected chi connectivity index (χ2v) is 5.98. The van der Waals surface area contributed by atoms with Crippen molar-refractivity contribution < 1.29 is 4.79 Å². The highest BCUT2D eigenvalue weighted by Crippen LogP contribution is 2.35. The van der Waals surface area contributed by atoms with Gasteiger partial charge in [-0.15, -0.1) is 0 Å². The minimum absolute atomic E-state index is 0.315. The van der Waals surface area contributed by atoms with Gasteiger partial charge >= 0.3 is 0 Å². The van der Waals surface area contributed by atoms with Gasteiger partial charge in [-0.1, -0.05) is 38.3 Å². The van der Waals surface area contributed by atoms with Crippen LogP contribution in [0.15, 0.2) is 24.3 Å². The number of Topliss-reactive ketones (excluding diaryl/α,β-unsaturated/α-hetero) is 1. The normalized spacial score (nSPS) is 27.2. The number of carbonyl (C=O) groups is 1. The molecule has 3 rings (SSSR count). The molecule has 1 aliphatic carbocycles. The molecule has 0 spiro atoms. The van der Waals surface area contributed by atoms with E-state index in [1.54, 1.807) is 0 Å². The van der Waals surface area contributed by atoms with Crippen LogP contribution in [0.2, 0.25) is 0 Å². The molecule has 2 heteroatoms. The summed E-state index contributed by atoms with van der Waals surface area (Å²) in [6, 6.07) is 8.81. The molecule has 0 N–H and O–H groups in total. The third-order valence-corrected chi connectivity index (χ3v) is 4.87. The number of hydrogen-bond acceptors (Lipinski definition) is 2. The lowest BCUT2D eigenvalue weighted by atomic mass is 9.82. The van der Waals surface area contributed by atoms with Crippen LogP contribution in [0.5, 0.6) is 0 Å². The lowest BCUT2D eigenvalue weighted by Gasteiger charge is -2.41. The molecular formula is C17H23NO. The molecule has 1 saturated carbocycles. The zero-order valence-corrected chi connectivity index (χ0v) is 11.8. The van der Waals surface area contributed by atoms with E-state index in [-0.39, 0.29) is 0 Å². The number of hydrogen-bond donors (Lipinski definition) is 0. The van der Waals surface area contributed by atoms with Crippen LogP contribution in [0, 0.1) is 5.92 Å². The molecule has 1 heterocycles. The maximum atomic E-state index is 12.0. The molecule has 0 bridgehead atoms. The standard InChI is InChI=1S/C17H23NO/c1-2-13-6-5-7-14(12-13)18-11-10-17(19)15-8-3-4-9-16(15)18/h3-4,8-9,13-14H,2,5-7,10-12H2,1H3. The van der Waals surface area contributed by atoms with E-state index < -0.39 is 0 Å². The molecule has 0 aromatic heterocycles. The van der Waals surface area contributed by atoms with Crippen molar-refractivity contribution in [2.45, 2.75) is 51.5 Å². The van der Waals surface area contributed by atoms with Gasteiger partial charge in [0.2, 0.25) is 0 Å². The van der Waals surface area contributed by atoms with Crippen molar-refractivity contribution >= 4 is 11.5 Å². The van der Waals surface area contributed by atoms with Crippen molar-refractivity contribution in [3.8, 4) is 0 Å². The quantitative estimate of drug-likeness (QED) is 0.796. The Balaban J connectivity index is 1.86. The summed E-state index contributed by atoms with van der Waals surface area (Å²) in [7, 11) is 0. The molecule has 0 amide bonds. The predicted molar refractivity (Wildman–Crippen MR) is 78.8 cm³/mol. The Morgan fingerprint density at radius 3 is 2.95 bits per heavy atom. The van der Waals surface area contributed by atoms with E-state index in [9.17, 15) is 4.79 Å². The predicted octanol–water partition coefficient (Wildman–Crippen LogP) is 4.05. The highest BCUT2D eigenvalue weighted by Gasteiger charge is 2.30. The van der Waals surface area contributed by atoms with Crippen LogP contribution < -0.4 is 4.90 Å². The van der Waals surface area contributed by atoms with Crippen molar-refractivity contribution in [3.63, 3.8) is 0 Å². The fraction of sp³-hybridized carbons (Fsp3) is 0.588. The Morgan fingerprint density at radius 2 is 2.11 bits per heavy atom. The molecule has 2 aliphatic rings. The Morgan fingerprint density at radius 1 is 1.26 bits per heavy atom. The van der Waals surface area contributed by atoms with Gasteiger partial charge in [-0.3, -0.25) is 4.79 Å². The third kappa shape index (κ3) is 2.41. The van der Waals surface area contributed by atoms with Crippen molar-refractivity contribution in [1.82, 2.24) is 0 Å². The summed E-state index contributed by atoms with van der Waals surface area (Å²) < 4.78 is 0. The minimum Gasteiger partial charge on any atom is -0.367 e. The molecular weight excluding hydrogens is 234 g/mol. The molecule has 0 saturated heterocycles. The first-order chi connectivity index (χ1) is 9.29. The summed E-state index contributed by atoms with van der Waals surface area (Å²) in [6.45, 7) is 3.22. The summed E-state index contributed by atoms with van der Waals surface area (Å²) in [4.78, 5) is 14.5. The number of ketones is 1. The first-order valence-electron chi connectivity index (χ1n) is 7.68. The summed E-state index contributed by atoms with van der Waals surface area (Å²) in [5.41, 5.74) is 2.12. The first kappa shape index (κ1) is 12.7. The van der Waals surface area contributed by atoms with Crippen LogP contribution in [0.25, 0.3) is 0 Å². The Bertz CT molecular complexity index is 468. The summed E-state index contributed by atoms with van der Waals surface area (Å²) in [5.74, 6) is 1.19. The molecule has 19 heavy (non-hydrogen) atoms. The molecule has 1 aromatic rings. The van der Waals surface area contributed by atoms with Gasteiger partial charge in [-0.25, -0.2) is 0 Å². The number of benzene rings is 1. The Kier molecular flexibility index (Phi) is 3.58. The van der Waals surface area contributed by atoms with Crippen molar-refractivity contribution in [2.75, 3.05) is 11.4 Å². The molecule has 0 radical (unpaired) electrons. The zero-order valence-electron chi connectivity index (χ0n) is 11.8. The van der Waals surface area contributed by atoms with Gasteiger partial charge in [0, 0.05) is 30.3 Å². The van der Waals surface area contributed by atoms with Crippen LogP contribution >= 0.6 is 0 Å². The van der Waals surface area contributed by atoms with E-state index in [0.717, 1.165) is 18.0 Å². The summed E-state index contributed by atoms with van der Waals surface area (Å²) in [5, 5.41) is 0. The number of rotatable bonds is 2. The monoisotopic (exact) mass is 257 g/mol. The fourth-order valence-corrected chi connectivity index (χ4v) is 3.73. The smallest absolute Gasteiger partial charge is 0.166 e. The van der Waals surface area contributed by atoms with Gasteiger partial charge < -0.3 is 4.90 Å². The average Bonchev–Trinajstić information content (AvgIpc) is 2.48. The maximum absolute atomic E-state index is 12.0. The molecule has 1 aromatic carbocycles. The van der Waals surface area contributed by atoms with Crippen molar-refractivity contribution in [1.29, 1.82) is 0 Å². The second kappa shape index (κ2) is 5.36. The molecule has 1 aliphatic heterocycles. The van der Waals surface area contributed by atoms with Crippen molar-refractivity contribution in [3.05, 3.63) is 29.8 Å². The van der Waals surface area contributed by atoms with Gasteiger partial charge in [-0.2, -0.15) is 0 Å². The molecule has 1 fully saturated rings. The van der Waals surface area contributed by atoms with E-state index in [0.29, 0.717) is 18.2 Å². The van der Waals surface area contributed by atoms with Gasteiger partial charge in [0.1, 0.15) is 0 Å². The molecule has 2 atom stereocenters. The first-order valence-corrected chi connectivity index (χ1v) is 7.68. The highest BCUT2D eigenvalue weighted by atomic mass is 16.1. The topological polar surface area (TPSA) is 20.3 Å². The minimum atomic E-state index is 0.315. The average molecular weight is 257 g/mol. The second-order valence-electron chi connectivity index (χ2n) is 5.98. The SMILES string of the molecule is CCC1CCCC(N2CCC(=O)c3ccccc32)C1. The van der Waals surface area contributed by atoms with E-state index in [1.807, 2.05) is 12.1 Å². The maximum Gasteiger partial charge on any atom is 0.166 e. The van der Waals surface area contributed by atoms with E-state index in [1.165, 1.54) is 37.8 Å². The van der Waals surface area contributed by atoms with Gasteiger partial charge in [0.25, 0.3) is 0 Å². The van der Waals surface area contributed by atoms with Crippen LogP contribution in [0.4, 0.5) is 5.69 Å².